The zero-order valence-corrected chi connectivity index (χ0v) is 29.0. The maximum atomic E-state index is 11.2. The number of nitrogens with one attached hydrogen (secondary N) is 1. The van der Waals surface area contributed by atoms with Gasteiger partial charge in [-0.25, -0.2) is 4.98 Å². The standard InChI is InChI=1S/C35H52N5O3.C2H6/c1-7-10-18-29(19-11-8-2)27(6)39-23-28-17-13-20-31(21-28)40(41,42)38-35-36-32(34-25(4)15-12-16-26(34)5)22-33(37-35)43-24-30(39)14-9-3;1-2/h12-13,15-17,20-22,27,29-30,41-42H,7-11,14,18-19,23-24H2,1-6H3,(H,36,37,38);1-2H3/q+1;. The lowest BCUT2D eigenvalue weighted by molar-refractivity contribution is -0.273. The fraction of sp³-hybridized carbons (Fsp3) is 0.568. The van der Waals surface area contributed by atoms with Gasteiger partial charge in [0.05, 0.1) is 10.6 Å². The van der Waals surface area contributed by atoms with Crippen molar-refractivity contribution in [2.24, 2.45) is 5.92 Å². The Hall–Kier alpha value is -3.04. The van der Waals surface area contributed by atoms with Gasteiger partial charge < -0.3 is 4.74 Å². The second-order valence-corrected chi connectivity index (χ2v) is 12.3. The largest absolute Gasteiger partial charge is 0.476 e. The number of unbranched alkanes of at least 4 members (excludes halogenated alkanes) is 2. The fourth-order valence-electron chi connectivity index (χ4n) is 6.45. The molecule has 2 heterocycles. The van der Waals surface area contributed by atoms with E-state index in [9.17, 15) is 10.4 Å². The number of ether oxygens (including phenoxy) is 1. The van der Waals surface area contributed by atoms with Crippen molar-refractivity contribution < 1.29 is 15.2 Å². The van der Waals surface area contributed by atoms with E-state index in [1.165, 1.54) is 38.5 Å². The molecule has 2 aromatic carbocycles. The maximum absolute atomic E-state index is 11.2. The molecule has 2 unspecified atom stereocenters. The van der Waals surface area contributed by atoms with Crippen LogP contribution in [0, 0.1) is 19.8 Å². The lowest BCUT2D eigenvalue weighted by atomic mass is 9.87. The van der Waals surface area contributed by atoms with Gasteiger partial charge >= 0.3 is 0 Å². The predicted molar refractivity (Wildman–Crippen MR) is 185 cm³/mol. The summed E-state index contributed by atoms with van der Waals surface area (Å²) in [5, 5.41) is 22.4. The van der Waals surface area contributed by atoms with Crippen LogP contribution in [0.5, 0.6) is 5.88 Å². The molecule has 0 amide bonds. The minimum absolute atomic E-state index is 0.0706. The van der Waals surface area contributed by atoms with Crippen molar-refractivity contribution in [2.45, 2.75) is 125 Å². The van der Waals surface area contributed by atoms with Crippen LogP contribution < -0.4 is 15.1 Å². The molecule has 4 rings (SSSR count). The molecule has 0 saturated heterocycles. The molecule has 1 aliphatic rings. The summed E-state index contributed by atoms with van der Waals surface area (Å²) in [5.74, 6) is 1.05. The third-order valence-corrected chi connectivity index (χ3v) is 8.91. The van der Waals surface area contributed by atoms with Crippen molar-refractivity contribution >= 4 is 11.6 Å². The van der Waals surface area contributed by atoms with Crippen LogP contribution in [0.1, 0.15) is 110 Å². The normalized spacial score (nSPS) is 17.1. The first-order valence-electron chi connectivity index (χ1n) is 17.2. The van der Waals surface area contributed by atoms with Crippen LogP contribution in [0.15, 0.2) is 48.5 Å². The summed E-state index contributed by atoms with van der Waals surface area (Å²) in [6, 6.07) is 16.0. The van der Waals surface area contributed by atoms with Gasteiger partial charge in [0.1, 0.15) is 6.61 Å². The summed E-state index contributed by atoms with van der Waals surface area (Å²) in [4.78, 5) is 10.3. The summed E-state index contributed by atoms with van der Waals surface area (Å²) in [5.41, 5.74) is 7.82. The van der Waals surface area contributed by atoms with E-state index >= 15 is 0 Å². The van der Waals surface area contributed by atoms with E-state index in [4.69, 9.17) is 9.72 Å². The van der Waals surface area contributed by atoms with Crippen molar-refractivity contribution in [3.05, 3.63) is 65.2 Å². The van der Waals surface area contributed by atoms with E-state index < -0.39 is 4.92 Å². The van der Waals surface area contributed by atoms with Crippen molar-refractivity contribution in [3.63, 3.8) is 0 Å². The van der Waals surface area contributed by atoms with Gasteiger partial charge in [-0.2, -0.15) is 4.98 Å². The molecule has 1 aliphatic heterocycles. The van der Waals surface area contributed by atoms with Gasteiger partial charge in [0.25, 0.3) is 5.95 Å². The first kappa shape index (κ1) is 36.4. The second-order valence-electron chi connectivity index (χ2n) is 12.3. The Morgan fingerprint density at radius 3 is 2.20 bits per heavy atom. The molecule has 1 aromatic heterocycles. The number of fused-ring (bicyclic) bond motifs is 4. The minimum atomic E-state index is -1.58. The van der Waals surface area contributed by atoms with Crippen LogP contribution in [0.3, 0.4) is 0 Å². The van der Waals surface area contributed by atoms with Gasteiger partial charge in [-0.3, -0.25) is 4.90 Å². The van der Waals surface area contributed by atoms with Crippen molar-refractivity contribution in [3.8, 4) is 17.1 Å². The van der Waals surface area contributed by atoms with Gasteiger partial charge in [0.2, 0.25) is 11.6 Å². The number of anilines is 1. The fourth-order valence-corrected chi connectivity index (χ4v) is 6.45. The van der Waals surface area contributed by atoms with E-state index in [-0.39, 0.29) is 17.7 Å². The Kier molecular flexibility index (Phi) is 14.2. The average molecular weight is 621 g/mol. The first-order chi connectivity index (χ1) is 21.7. The smallest absolute Gasteiger partial charge is 0.279 e. The molecule has 0 spiro atoms. The van der Waals surface area contributed by atoms with Gasteiger partial charge in [-0.05, 0) is 62.6 Å². The maximum Gasteiger partial charge on any atom is 0.279 e. The number of rotatable bonds is 11. The second kappa shape index (κ2) is 17.6. The van der Waals surface area contributed by atoms with E-state index in [0.29, 0.717) is 36.7 Å². The Morgan fingerprint density at radius 1 is 0.933 bits per heavy atom. The minimum Gasteiger partial charge on any atom is -0.476 e. The number of quaternary nitrogens is 1. The highest BCUT2D eigenvalue weighted by atomic mass is 16.9. The summed E-state index contributed by atoms with van der Waals surface area (Å²) in [6.45, 7) is 18.4. The number of benzene rings is 2. The molecular weight excluding hydrogens is 562 g/mol. The van der Waals surface area contributed by atoms with E-state index in [2.05, 4.69) is 75.1 Å². The molecule has 8 nitrogen and oxygen atoms in total. The summed E-state index contributed by atoms with van der Waals surface area (Å²) >= 11 is 0. The SMILES string of the molecule is CC.CCCCC(CCCC)C(C)N1Cc2cccc(c2)[N+](O)(O)Nc2nc(cc(-c3c(C)cccc3C)n2)OCC1CCC. The highest BCUT2D eigenvalue weighted by Gasteiger charge is 2.33. The lowest BCUT2D eigenvalue weighted by Gasteiger charge is -2.40. The molecule has 0 radical (unpaired) electrons. The van der Waals surface area contributed by atoms with E-state index in [1.807, 2.05) is 38.1 Å². The molecule has 8 heteroatoms. The van der Waals surface area contributed by atoms with Crippen molar-refractivity contribution in [2.75, 3.05) is 12.0 Å². The first-order valence-corrected chi connectivity index (χ1v) is 17.2. The van der Waals surface area contributed by atoms with Gasteiger partial charge in [0, 0.05) is 42.4 Å². The van der Waals surface area contributed by atoms with Gasteiger partial charge in [-0.1, -0.05) is 97.1 Å². The van der Waals surface area contributed by atoms with E-state index in [0.717, 1.165) is 35.1 Å². The number of nitrogens with zero attached hydrogens (tertiary/aromatic N) is 4. The van der Waals surface area contributed by atoms with E-state index in [1.54, 1.807) is 6.07 Å². The summed E-state index contributed by atoms with van der Waals surface area (Å²) in [7, 11) is 0. The summed E-state index contributed by atoms with van der Waals surface area (Å²) < 4.78 is 6.51. The number of hydrogen-bond acceptors (Lipinski definition) is 7. The van der Waals surface area contributed by atoms with Crippen LogP contribution in [-0.4, -0.2) is 44.0 Å². The lowest BCUT2D eigenvalue weighted by Crippen LogP contribution is -2.48. The van der Waals surface area contributed by atoms with Gasteiger partial charge in [0.15, 0.2) is 0 Å². The Balaban J connectivity index is 0.00000271. The Morgan fingerprint density at radius 2 is 1.58 bits per heavy atom. The molecule has 0 aliphatic carbocycles. The zero-order chi connectivity index (χ0) is 33.0. The molecule has 0 fully saturated rings. The molecule has 248 valence electrons. The highest BCUT2D eigenvalue weighted by molar-refractivity contribution is 5.69. The Bertz CT molecular complexity index is 1300. The zero-order valence-electron chi connectivity index (χ0n) is 29.0. The Labute approximate surface area is 272 Å². The van der Waals surface area contributed by atoms with Gasteiger partial charge in [-0.15, -0.1) is 15.8 Å². The topological polar surface area (TPSA) is 90.7 Å². The molecule has 3 aromatic rings. The third-order valence-electron chi connectivity index (χ3n) is 8.91. The number of aryl methyl sites for hydroxylation is 2. The molecular formula is C37H58N5O3+. The molecule has 3 N–H and O–H groups in total. The average Bonchev–Trinajstić information content (AvgIpc) is 3.02. The predicted octanol–water partition coefficient (Wildman–Crippen LogP) is 9.65. The molecule has 2 atom stereocenters. The number of aromatic nitrogens is 2. The van der Waals surface area contributed by atoms with Crippen LogP contribution in [0.25, 0.3) is 11.3 Å². The summed E-state index contributed by atoms with van der Waals surface area (Å²) in [6.07, 6.45) is 9.26. The van der Waals surface area contributed by atoms with Crippen LogP contribution in [0.4, 0.5) is 11.6 Å². The molecule has 0 saturated carbocycles. The highest BCUT2D eigenvalue weighted by Crippen LogP contribution is 2.32. The monoisotopic (exact) mass is 620 g/mol. The quantitative estimate of drug-likeness (QED) is 0.184. The molecule has 45 heavy (non-hydrogen) atoms. The van der Waals surface area contributed by atoms with Crippen molar-refractivity contribution in [1.29, 1.82) is 0 Å². The van der Waals surface area contributed by atoms with Crippen LogP contribution >= 0.6 is 0 Å². The third kappa shape index (κ3) is 9.72. The molecule has 4 bridgehead atoms. The number of hydrogen-bond donors (Lipinski definition) is 3. The van der Waals surface area contributed by atoms with Crippen LogP contribution in [-0.2, 0) is 6.54 Å². The van der Waals surface area contributed by atoms with Crippen LogP contribution in [0.2, 0.25) is 0 Å². The van der Waals surface area contributed by atoms with Crippen molar-refractivity contribution in [1.82, 2.24) is 19.8 Å².